The van der Waals surface area contributed by atoms with E-state index in [1.807, 2.05) is 18.2 Å². The Bertz CT molecular complexity index is 1200. The molecule has 0 unspecified atom stereocenters. The lowest BCUT2D eigenvalue weighted by atomic mass is 9.99. The number of rotatable bonds is 5. The summed E-state index contributed by atoms with van der Waals surface area (Å²) in [6, 6.07) is 15.7. The number of sulfonamides is 1. The average Bonchev–Trinajstić information content (AvgIpc) is 3.18. The van der Waals surface area contributed by atoms with E-state index in [1.54, 1.807) is 37.4 Å². The molecule has 6 nitrogen and oxygen atoms in total. The number of hydrogen-bond donors (Lipinski definition) is 1. The van der Waals surface area contributed by atoms with Crippen molar-refractivity contribution in [3.05, 3.63) is 65.7 Å². The largest absolute Gasteiger partial charge is 0.496 e. The van der Waals surface area contributed by atoms with Gasteiger partial charge in [0, 0.05) is 16.5 Å². The lowest BCUT2D eigenvalue weighted by molar-refractivity contribution is -0.120. The molecule has 7 heteroatoms. The summed E-state index contributed by atoms with van der Waals surface area (Å²) >= 11 is 0. The van der Waals surface area contributed by atoms with Gasteiger partial charge in [0.15, 0.2) is 0 Å². The van der Waals surface area contributed by atoms with Gasteiger partial charge < -0.3 is 9.47 Å². The first-order valence-corrected chi connectivity index (χ1v) is 10.7. The van der Waals surface area contributed by atoms with Crippen LogP contribution < -0.4 is 14.2 Å². The highest BCUT2D eigenvalue weighted by Crippen LogP contribution is 2.44. The summed E-state index contributed by atoms with van der Waals surface area (Å²) < 4.78 is 39.1. The van der Waals surface area contributed by atoms with Crippen molar-refractivity contribution in [3.63, 3.8) is 0 Å². The molecule has 1 atom stereocenters. The van der Waals surface area contributed by atoms with Crippen molar-refractivity contribution in [1.29, 1.82) is 0 Å². The zero-order valence-corrected chi connectivity index (χ0v) is 17.0. The Morgan fingerprint density at radius 2 is 1.66 bits per heavy atom. The lowest BCUT2D eigenvalue weighted by Gasteiger charge is -2.17. The minimum Gasteiger partial charge on any atom is -0.496 e. The fourth-order valence-corrected chi connectivity index (χ4v) is 5.27. The van der Waals surface area contributed by atoms with Crippen molar-refractivity contribution in [2.24, 2.45) is 0 Å². The molecule has 0 aliphatic heterocycles. The second-order valence-corrected chi connectivity index (χ2v) is 8.55. The predicted octanol–water partition coefficient (Wildman–Crippen LogP) is 3.39. The van der Waals surface area contributed by atoms with Gasteiger partial charge in [-0.25, -0.2) is 13.1 Å². The number of ether oxygens (including phenoxy) is 2. The molecule has 3 aromatic rings. The Morgan fingerprint density at radius 1 is 0.966 bits per heavy atom. The Morgan fingerprint density at radius 3 is 2.41 bits per heavy atom. The standard InChI is InChI=1S/C22H21NO5S/c1-27-18-12-13-19(28-2)21-16(18)10-11-17(21)22(24)23-29(25,26)20-9-5-7-14-6-3-4-8-15(14)20/h3-9,12-13,17H,10-11H2,1-2H3,(H,23,24)/t17-/m0/s1. The quantitative estimate of drug-likeness (QED) is 0.696. The molecule has 1 N–H and O–H groups in total. The molecule has 29 heavy (non-hydrogen) atoms. The third-order valence-corrected chi connectivity index (χ3v) is 6.74. The van der Waals surface area contributed by atoms with Crippen molar-refractivity contribution in [2.75, 3.05) is 14.2 Å². The van der Waals surface area contributed by atoms with Crippen LogP contribution in [0.15, 0.2) is 59.5 Å². The van der Waals surface area contributed by atoms with Crippen molar-refractivity contribution < 1.29 is 22.7 Å². The maximum absolute atomic E-state index is 13.0. The van der Waals surface area contributed by atoms with Crippen molar-refractivity contribution in [3.8, 4) is 11.5 Å². The minimum absolute atomic E-state index is 0.0831. The number of methoxy groups -OCH3 is 2. The summed E-state index contributed by atoms with van der Waals surface area (Å²) in [6.45, 7) is 0. The van der Waals surface area contributed by atoms with Crippen LogP contribution in [0.25, 0.3) is 10.8 Å². The molecule has 0 saturated heterocycles. The first kappa shape index (κ1) is 19.3. The Balaban J connectivity index is 1.70. The highest BCUT2D eigenvalue weighted by atomic mass is 32.2. The Hall–Kier alpha value is -3.06. The maximum atomic E-state index is 13.0. The van der Waals surface area contributed by atoms with E-state index in [9.17, 15) is 13.2 Å². The van der Waals surface area contributed by atoms with Crippen molar-refractivity contribution in [2.45, 2.75) is 23.7 Å². The second kappa shape index (κ2) is 7.40. The van der Waals surface area contributed by atoms with Gasteiger partial charge in [-0.3, -0.25) is 4.79 Å². The molecule has 3 aromatic carbocycles. The Kier molecular flexibility index (Phi) is 4.92. The van der Waals surface area contributed by atoms with Crippen LogP contribution in [-0.2, 0) is 21.2 Å². The van der Waals surface area contributed by atoms with Crippen molar-refractivity contribution in [1.82, 2.24) is 4.72 Å². The molecule has 0 bridgehead atoms. The molecule has 0 radical (unpaired) electrons. The average molecular weight is 411 g/mol. The van der Waals surface area contributed by atoms with Crippen LogP contribution >= 0.6 is 0 Å². The highest BCUT2D eigenvalue weighted by Gasteiger charge is 2.36. The van der Waals surface area contributed by atoms with Gasteiger partial charge in [-0.1, -0.05) is 36.4 Å². The number of fused-ring (bicyclic) bond motifs is 2. The van der Waals surface area contributed by atoms with Crippen molar-refractivity contribution >= 4 is 26.7 Å². The number of amides is 1. The van der Waals surface area contributed by atoms with E-state index >= 15 is 0 Å². The van der Waals surface area contributed by atoms with Crippen LogP contribution in [0.2, 0.25) is 0 Å². The normalized spacial score (nSPS) is 15.7. The minimum atomic E-state index is -4.03. The number of carbonyl (C=O) groups excluding carboxylic acids is 1. The van der Waals surface area contributed by atoms with Crippen LogP contribution in [0.1, 0.15) is 23.5 Å². The monoisotopic (exact) mass is 411 g/mol. The number of carbonyl (C=O) groups is 1. The fourth-order valence-electron chi connectivity index (χ4n) is 4.02. The van der Waals surface area contributed by atoms with Gasteiger partial charge in [0.1, 0.15) is 11.5 Å². The van der Waals surface area contributed by atoms with Gasteiger partial charge in [-0.05, 0) is 36.4 Å². The van der Waals surface area contributed by atoms with Crippen LogP contribution in [0.4, 0.5) is 0 Å². The third-order valence-electron chi connectivity index (χ3n) is 5.34. The lowest BCUT2D eigenvalue weighted by Crippen LogP contribution is -2.34. The molecular formula is C22H21NO5S. The van der Waals surface area contributed by atoms with Gasteiger partial charge in [0.05, 0.1) is 25.0 Å². The molecule has 1 aliphatic rings. The molecular weight excluding hydrogens is 390 g/mol. The van der Waals surface area contributed by atoms with Gasteiger partial charge in [-0.2, -0.15) is 0 Å². The van der Waals surface area contributed by atoms with Gasteiger partial charge in [-0.15, -0.1) is 0 Å². The number of benzene rings is 3. The maximum Gasteiger partial charge on any atom is 0.264 e. The summed E-state index contributed by atoms with van der Waals surface area (Å²) in [5.41, 5.74) is 1.58. The zero-order chi connectivity index (χ0) is 20.6. The summed E-state index contributed by atoms with van der Waals surface area (Å²) in [6.07, 6.45) is 1.10. The topological polar surface area (TPSA) is 81.7 Å². The molecule has 0 heterocycles. The molecule has 1 amide bonds. The summed E-state index contributed by atoms with van der Waals surface area (Å²) in [5, 5.41) is 1.36. The fraction of sp³-hybridized carbons (Fsp3) is 0.227. The predicted molar refractivity (Wildman–Crippen MR) is 110 cm³/mol. The highest BCUT2D eigenvalue weighted by molar-refractivity contribution is 7.90. The molecule has 1 aliphatic carbocycles. The molecule has 4 rings (SSSR count). The van der Waals surface area contributed by atoms with Crippen LogP contribution in [0.3, 0.4) is 0 Å². The van der Waals surface area contributed by atoms with E-state index in [2.05, 4.69) is 4.72 Å². The molecule has 0 spiro atoms. The van der Waals surface area contributed by atoms with Gasteiger partial charge in [0.2, 0.25) is 5.91 Å². The Labute approximate surface area is 169 Å². The van der Waals surface area contributed by atoms with Crippen LogP contribution in [0, 0.1) is 0 Å². The summed E-state index contributed by atoms with van der Waals surface area (Å²) in [4.78, 5) is 13.1. The zero-order valence-electron chi connectivity index (χ0n) is 16.1. The van der Waals surface area contributed by atoms with Gasteiger partial charge >= 0.3 is 0 Å². The van der Waals surface area contributed by atoms with E-state index in [0.29, 0.717) is 35.3 Å². The second-order valence-electron chi connectivity index (χ2n) is 6.90. The van der Waals surface area contributed by atoms with E-state index in [4.69, 9.17) is 9.47 Å². The molecule has 150 valence electrons. The summed E-state index contributed by atoms with van der Waals surface area (Å²) in [7, 11) is -0.933. The van der Waals surface area contributed by atoms with E-state index in [1.165, 1.54) is 13.2 Å². The van der Waals surface area contributed by atoms with Crippen LogP contribution in [-0.4, -0.2) is 28.5 Å². The first-order valence-electron chi connectivity index (χ1n) is 9.24. The van der Waals surface area contributed by atoms with Crippen LogP contribution in [0.5, 0.6) is 11.5 Å². The number of nitrogens with one attached hydrogen (secondary N) is 1. The molecule has 0 fully saturated rings. The molecule has 0 aromatic heterocycles. The number of hydrogen-bond acceptors (Lipinski definition) is 5. The van der Waals surface area contributed by atoms with E-state index in [0.717, 1.165) is 10.9 Å². The third kappa shape index (κ3) is 3.31. The first-order chi connectivity index (χ1) is 14.0. The van der Waals surface area contributed by atoms with E-state index < -0.39 is 21.8 Å². The van der Waals surface area contributed by atoms with Gasteiger partial charge in [0.25, 0.3) is 10.0 Å². The smallest absolute Gasteiger partial charge is 0.264 e. The molecule has 0 saturated carbocycles. The van der Waals surface area contributed by atoms with E-state index in [-0.39, 0.29) is 4.90 Å². The summed E-state index contributed by atoms with van der Waals surface area (Å²) in [5.74, 6) is 0.0389. The SMILES string of the molecule is COc1ccc(OC)c2c1CC[C@@H]2C(=O)NS(=O)(=O)c1cccc2ccccc12.